The van der Waals surface area contributed by atoms with Gasteiger partial charge < -0.3 is 4.74 Å². The van der Waals surface area contributed by atoms with Crippen LogP contribution in [-0.2, 0) is 6.54 Å². The molecule has 5 rings (SSSR count). The van der Waals surface area contributed by atoms with E-state index in [9.17, 15) is 0 Å². The first-order valence-corrected chi connectivity index (χ1v) is 9.94. The first kappa shape index (κ1) is 18.3. The predicted molar refractivity (Wildman–Crippen MR) is 115 cm³/mol. The summed E-state index contributed by atoms with van der Waals surface area (Å²) in [6.45, 7) is 2.84. The highest BCUT2D eigenvalue weighted by atomic mass is 16.5. The number of hydrogen-bond donors (Lipinski definition) is 0. The Labute approximate surface area is 174 Å². The zero-order valence-corrected chi connectivity index (χ0v) is 16.9. The van der Waals surface area contributed by atoms with Crippen LogP contribution in [0.2, 0.25) is 0 Å². The van der Waals surface area contributed by atoms with Crippen LogP contribution in [0.4, 0.5) is 0 Å². The third-order valence-corrected chi connectivity index (χ3v) is 5.31. The minimum atomic E-state index is 0.306. The maximum atomic E-state index is 5.53. The molecule has 1 aliphatic rings. The number of rotatable bonds is 5. The summed E-state index contributed by atoms with van der Waals surface area (Å²) < 4.78 is 9.40. The average Bonchev–Trinajstić information content (AvgIpc) is 3.48. The Morgan fingerprint density at radius 2 is 2.00 bits per heavy atom. The van der Waals surface area contributed by atoms with Crippen molar-refractivity contribution >= 4 is 12.2 Å². The zero-order valence-electron chi connectivity index (χ0n) is 16.9. The van der Waals surface area contributed by atoms with E-state index in [-0.39, 0.29) is 0 Å². The van der Waals surface area contributed by atoms with Crippen LogP contribution in [0.3, 0.4) is 0 Å². The number of aromatic nitrogens is 6. The van der Waals surface area contributed by atoms with Crippen LogP contribution in [0.15, 0.2) is 55.1 Å². The van der Waals surface area contributed by atoms with Crippen molar-refractivity contribution in [3.05, 3.63) is 83.6 Å². The molecule has 3 aromatic heterocycles. The van der Waals surface area contributed by atoms with Crippen molar-refractivity contribution in [2.24, 2.45) is 0 Å². The second-order valence-electron chi connectivity index (χ2n) is 7.35. The first-order valence-electron chi connectivity index (χ1n) is 9.94. The monoisotopic (exact) mass is 398 g/mol. The molecular formula is C23H22N6O. The van der Waals surface area contributed by atoms with Gasteiger partial charge in [0.1, 0.15) is 12.2 Å². The van der Waals surface area contributed by atoms with Gasteiger partial charge in [-0.15, -0.1) is 0 Å². The molecule has 0 radical (unpaired) electrons. The number of hydrogen-bond acceptors (Lipinski definition) is 5. The van der Waals surface area contributed by atoms with Gasteiger partial charge in [-0.2, -0.15) is 5.10 Å². The van der Waals surface area contributed by atoms with Crippen molar-refractivity contribution < 1.29 is 4.74 Å². The van der Waals surface area contributed by atoms with Gasteiger partial charge in [-0.1, -0.05) is 30.3 Å². The molecule has 7 nitrogen and oxygen atoms in total. The molecule has 0 fully saturated rings. The van der Waals surface area contributed by atoms with Gasteiger partial charge in [-0.05, 0) is 42.7 Å². The molecule has 150 valence electrons. The van der Waals surface area contributed by atoms with Gasteiger partial charge in [0.25, 0.3) is 0 Å². The number of nitrogens with zero attached hydrogens (tertiary/aromatic N) is 6. The molecule has 7 heteroatoms. The summed E-state index contributed by atoms with van der Waals surface area (Å²) in [7, 11) is 1.64. The van der Waals surface area contributed by atoms with E-state index in [1.165, 1.54) is 5.56 Å². The lowest BCUT2D eigenvalue weighted by molar-refractivity contribution is 0.410. The van der Waals surface area contributed by atoms with Crippen LogP contribution in [0, 0.1) is 6.92 Å². The largest absolute Gasteiger partial charge is 0.493 e. The van der Waals surface area contributed by atoms with Crippen LogP contribution in [0.1, 0.15) is 40.8 Å². The van der Waals surface area contributed by atoms with E-state index in [1.54, 1.807) is 19.6 Å². The number of ether oxygens (including phenoxy) is 1. The Hall–Kier alpha value is -3.74. The van der Waals surface area contributed by atoms with Gasteiger partial charge in [-0.25, -0.2) is 19.6 Å². The van der Waals surface area contributed by atoms with Crippen molar-refractivity contribution in [2.45, 2.75) is 25.8 Å². The van der Waals surface area contributed by atoms with E-state index in [0.717, 1.165) is 30.0 Å². The standard InChI is InChI=1S/C23H22N6O/c1-16-14-28(15-25-16)23-20(30-2)12-17(13-24-23)8-9-21-26-22-19(10-11-29(22)27-21)18-6-4-3-5-7-18/h3-9,12-15,19H,10-11H2,1-2H3/b9-8+. The molecule has 0 bridgehead atoms. The molecule has 0 amide bonds. The average molecular weight is 398 g/mol. The van der Waals surface area contributed by atoms with Crippen LogP contribution in [-0.4, -0.2) is 36.4 Å². The van der Waals surface area contributed by atoms with Gasteiger partial charge in [0.05, 0.1) is 12.8 Å². The lowest BCUT2D eigenvalue weighted by Crippen LogP contribution is -1.99. The molecule has 1 atom stereocenters. The van der Waals surface area contributed by atoms with E-state index in [2.05, 4.69) is 39.3 Å². The molecule has 1 aliphatic heterocycles. The number of benzene rings is 1. The molecule has 1 unspecified atom stereocenters. The van der Waals surface area contributed by atoms with Crippen LogP contribution in [0.5, 0.6) is 5.75 Å². The molecule has 0 aliphatic carbocycles. The smallest absolute Gasteiger partial charge is 0.180 e. The summed E-state index contributed by atoms with van der Waals surface area (Å²) in [5, 5.41) is 4.65. The van der Waals surface area contributed by atoms with Crippen LogP contribution in [0.25, 0.3) is 18.0 Å². The molecule has 0 saturated carbocycles. The normalized spacial score (nSPS) is 15.6. The Bertz CT molecular complexity index is 1210. The fourth-order valence-electron chi connectivity index (χ4n) is 3.84. The fourth-order valence-corrected chi connectivity index (χ4v) is 3.84. The summed E-state index contributed by atoms with van der Waals surface area (Å²) in [6, 6.07) is 12.5. The maximum absolute atomic E-state index is 5.53. The van der Waals surface area contributed by atoms with Gasteiger partial charge in [0, 0.05) is 24.9 Å². The van der Waals surface area contributed by atoms with Gasteiger partial charge in [0.2, 0.25) is 0 Å². The second kappa shape index (κ2) is 7.59. The van der Waals surface area contributed by atoms with Crippen molar-refractivity contribution in [1.82, 2.24) is 29.3 Å². The van der Waals surface area contributed by atoms with Gasteiger partial charge in [0.15, 0.2) is 17.4 Å². The number of pyridine rings is 1. The SMILES string of the molecule is COc1cc(/C=C/c2nc3n(n2)CCC3c2ccccc2)cnc1-n1cnc(C)c1. The minimum Gasteiger partial charge on any atom is -0.493 e. The molecule has 30 heavy (non-hydrogen) atoms. The highest BCUT2D eigenvalue weighted by molar-refractivity contribution is 5.67. The predicted octanol–water partition coefficient (Wildman–Crippen LogP) is 3.88. The highest BCUT2D eigenvalue weighted by Gasteiger charge is 2.27. The number of aryl methyl sites for hydroxylation is 2. The van der Waals surface area contributed by atoms with E-state index in [1.807, 2.05) is 46.7 Å². The minimum absolute atomic E-state index is 0.306. The molecule has 1 aromatic carbocycles. The summed E-state index contributed by atoms with van der Waals surface area (Å²) in [5.41, 5.74) is 3.14. The highest BCUT2D eigenvalue weighted by Crippen LogP contribution is 2.32. The van der Waals surface area contributed by atoms with E-state index >= 15 is 0 Å². The van der Waals surface area contributed by atoms with Crippen molar-refractivity contribution in [3.8, 4) is 11.6 Å². The Morgan fingerprint density at radius 1 is 1.13 bits per heavy atom. The zero-order chi connectivity index (χ0) is 20.5. The summed E-state index contributed by atoms with van der Waals surface area (Å²) >= 11 is 0. The number of fused-ring (bicyclic) bond motifs is 1. The number of imidazole rings is 1. The van der Waals surface area contributed by atoms with E-state index in [0.29, 0.717) is 23.3 Å². The molecule has 0 saturated heterocycles. The van der Waals surface area contributed by atoms with E-state index < -0.39 is 0 Å². The first-order chi connectivity index (χ1) is 14.7. The lowest BCUT2D eigenvalue weighted by Gasteiger charge is -2.08. The third kappa shape index (κ3) is 3.39. The van der Waals surface area contributed by atoms with Crippen LogP contribution < -0.4 is 4.74 Å². The second-order valence-corrected chi connectivity index (χ2v) is 7.35. The molecular weight excluding hydrogens is 376 g/mol. The quantitative estimate of drug-likeness (QED) is 0.510. The van der Waals surface area contributed by atoms with Crippen molar-refractivity contribution in [2.75, 3.05) is 7.11 Å². The molecule has 4 heterocycles. The van der Waals surface area contributed by atoms with Crippen LogP contribution >= 0.6 is 0 Å². The maximum Gasteiger partial charge on any atom is 0.180 e. The summed E-state index contributed by atoms with van der Waals surface area (Å²) in [4.78, 5) is 13.6. The third-order valence-electron chi connectivity index (χ3n) is 5.31. The van der Waals surface area contributed by atoms with Gasteiger partial charge >= 0.3 is 0 Å². The van der Waals surface area contributed by atoms with Crippen molar-refractivity contribution in [1.29, 1.82) is 0 Å². The Kier molecular flexibility index (Phi) is 4.63. The molecule has 4 aromatic rings. The fraction of sp³-hybridized carbons (Fsp3) is 0.217. The summed E-state index contributed by atoms with van der Waals surface area (Å²) in [6.07, 6.45) is 10.4. The number of methoxy groups -OCH3 is 1. The van der Waals surface area contributed by atoms with E-state index in [4.69, 9.17) is 9.72 Å². The van der Waals surface area contributed by atoms with Crippen molar-refractivity contribution in [3.63, 3.8) is 0 Å². The molecule has 0 N–H and O–H groups in total. The lowest BCUT2D eigenvalue weighted by atomic mass is 9.97. The molecule has 0 spiro atoms. The topological polar surface area (TPSA) is 70.7 Å². The Morgan fingerprint density at radius 3 is 2.77 bits per heavy atom. The summed E-state index contributed by atoms with van der Waals surface area (Å²) in [5.74, 6) is 3.43. The Balaban J connectivity index is 1.39. The van der Waals surface area contributed by atoms with Gasteiger partial charge in [-0.3, -0.25) is 4.57 Å².